The van der Waals surface area contributed by atoms with Gasteiger partial charge in [-0.25, -0.2) is 4.39 Å². The minimum atomic E-state index is -0.376. The van der Waals surface area contributed by atoms with Crippen LogP contribution in [-0.4, -0.2) is 55.8 Å². The Morgan fingerprint density at radius 3 is 2.67 bits per heavy atom. The third-order valence-electron chi connectivity index (χ3n) is 3.72. The lowest BCUT2D eigenvalue weighted by molar-refractivity contribution is -0.132. The number of ether oxygens (including phenoxy) is 1. The first-order valence-electron chi connectivity index (χ1n) is 7.07. The summed E-state index contributed by atoms with van der Waals surface area (Å²) in [6.45, 7) is 2.44. The van der Waals surface area contributed by atoms with Gasteiger partial charge in [-0.1, -0.05) is 12.1 Å². The number of methoxy groups -OCH3 is 1. The predicted molar refractivity (Wildman–Crippen MR) is 77.6 cm³/mol. The largest absolute Gasteiger partial charge is 0.392 e. The van der Waals surface area contributed by atoms with Gasteiger partial charge < -0.3 is 19.6 Å². The summed E-state index contributed by atoms with van der Waals surface area (Å²) in [5.41, 5.74) is 0.789. The zero-order valence-corrected chi connectivity index (χ0v) is 12.2. The number of piperazine rings is 1. The van der Waals surface area contributed by atoms with Crippen LogP contribution in [0.25, 0.3) is 0 Å². The van der Waals surface area contributed by atoms with Crippen molar-refractivity contribution in [3.05, 3.63) is 29.6 Å². The molecule has 0 aromatic heterocycles. The number of carbonyl (C=O) groups excluding carboxylic acids is 1. The van der Waals surface area contributed by atoms with Crippen molar-refractivity contribution < 1.29 is 19.0 Å². The number of hydrogen-bond donors (Lipinski definition) is 1. The number of carbonyl (C=O) groups is 1. The van der Waals surface area contributed by atoms with Crippen LogP contribution < -0.4 is 4.90 Å². The molecule has 0 bridgehead atoms. The van der Waals surface area contributed by atoms with Gasteiger partial charge in [-0.05, 0) is 6.07 Å². The first kappa shape index (κ1) is 15.7. The van der Waals surface area contributed by atoms with Gasteiger partial charge >= 0.3 is 0 Å². The van der Waals surface area contributed by atoms with Gasteiger partial charge in [0.25, 0.3) is 0 Å². The SMILES string of the molecule is COCCC(=O)N1CCN(c2cccc(CO)c2F)CC1. The van der Waals surface area contributed by atoms with E-state index in [2.05, 4.69) is 0 Å². The highest BCUT2D eigenvalue weighted by molar-refractivity contribution is 5.76. The summed E-state index contributed by atoms with van der Waals surface area (Å²) in [5.74, 6) is -0.305. The highest BCUT2D eigenvalue weighted by Gasteiger charge is 2.23. The van der Waals surface area contributed by atoms with E-state index >= 15 is 0 Å². The number of hydrogen-bond acceptors (Lipinski definition) is 4. The summed E-state index contributed by atoms with van der Waals surface area (Å²) >= 11 is 0. The number of amides is 1. The smallest absolute Gasteiger partial charge is 0.225 e. The summed E-state index contributed by atoms with van der Waals surface area (Å²) in [4.78, 5) is 15.6. The minimum Gasteiger partial charge on any atom is -0.392 e. The van der Waals surface area contributed by atoms with Gasteiger partial charge in [-0.15, -0.1) is 0 Å². The molecular weight excluding hydrogens is 275 g/mol. The van der Waals surface area contributed by atoms with Crippen LogP contribution in [-0.2, 0) is 16.1 Å². The number of anilines is 1. The Morgan fingerprint density at radius 1 is 1.33 bits per heavy atom. The Balaban J connectivity index is 1.96. The highest BCUT2D eigenvalue weighted by Crippen LogP contribution is 2.23. The van der Waals surface area contributed by atoms with Crippen LogP contribution in [0.15, 0.2) is 18.2 Å². The van der Waals surface area contributed by atoms with E-state index in [1.807, 2.05) is 4.90 Å². The molecule has 1 aliphatic rings. The average Bonchev–Trinajstić information content (AvgIpc) is 2.53. The Bertz CT molecular complexity index is 488. The van der Waals surface area contributed by atoms with Crippen LogP contribution in [0.5, 0.6) is 0 Å². The Kier molecular flexibility index (Phi) is 5.52. The lowest BCUT2D eigenvalue weighted by Gasteiger charge is -2.36. The maximum atomic E-state index is 14.2. The van der Waals surface area contributed by atoms with E-state index in [4.69, 9.17) is 9.84 Å². The number of aliphatic hydroxyl groups excluding tert-OH is 1. The molecule has 1 aliphatic heterocycles. The monoisotopic (exact) mass is 296 g/mol. The van der Waals surface area contributed by atoms with E-state index in [-0.39, 0.29) is 18.3 Å². The van der Waals surface area contributed by atoms with E-state index in [1.54, 1.807) is 30.2 Å². The third kappa shape index (κ3) is 3.71. The van der Waals surface area contributed by atoms with Crippen molar-refractivity contribution in [1.29, 1.82) is 0 Å². The summed E-state index contributed by atoms with van der Waals surface area (Å²) in [6.07, 6.45) is 0.380. The molecule has 1 fully saturated rings. The van der Waals surface area contributed by atoms with Crippen LogP contribution in [0.4, 0.5) is 10.1 Å². The van der Waals surface area contributed by atoms with Gasteiger partial charge in [-0.3, -0.25) is 4.79 Å². The lowest BCUT2D eigenvalue weighted by Crippen LogP contribution is -2.49. The van der Waals surface area contributed by atoms with Gasteiger partial charge in [0.2, 0.25) is 5.91 Å². The fourth-order valence-electron chi connectivity index (χ4n) is 2.48. The Labute approximate surface area is 123 Å². The van der Waals surface area contributed by atoms with E-state index < -0.39 is 0 Å². The molecule has 5 nitrogen and oxygen atoms in total. The standard InChI is InChI=1S/C15H21FN2O3/c1-21-10-5-14(20)18-8-6-17(7-9-18)13-4-2-3-12(11-19)15(13)16/h2-4,19H,5-11H2,1H3. The van der Waals surface area contributed by atoms with Crippen molar-refractivity contribution in [3.63, 3.8) is 0 Å². The molecule has 116 valence electrons. The van der Waals surface area contributed by atoms with Crippen LogP contribution in [0.2, 0.25) is 0 Å². The average molecular weight is 296 g/mol. The van der Waals surface area contributed by atoms with Crippen molar-refractivity contribution in [2.45, 2.75) is 13.0 Å². The molecule has 6 heteroatoms. The molecule has 0 spiro atoms. The zero-order valence-electron chi connectivity index (χ0n) is 12.2. The first-order valence-corrected chi connectivity index (χ1v) is 7.07. The molecule has 0 aliphatic carbocycles. The molecule has 1 saturated heterocycles. The normalized spacial score (nSPS) is 15.4. The summed E-state index contributed by atoms with van der Waals surface area (Å²) in [5, 5.41) is 9.12. The van der Waals surface area contributed by atoms with Crippen molar-refractivity contribution in [1.82, 2.24) is 4.90 Å². The molecule has 1 heterocycles. The molecule has 0 radical (unpaired) electrons. The van der Waals surface area contributed by atoms with Gasteiger partial charge in [-0.2, -0.15) is 0 Å². The van der Waals surface area contributed by atoms with Crippen LogP contribution >= 0.6 is 0 Å². The molecule has 1 aromatic rings. The summed E-state index contributed by atoms with van der Waals surface area (Å²) in [7, 11) is 1.57. The van der Waals surface area contributed by atoms with Gasteiger partial charge in [0.1, 0.15) is 0 Å². The molecule has 1 N–H and O–H groups in total. The second-order valence-corrected chi connectivity index (χ2v) is 5.02. The topological polar surface area (TPSA) is 53.0 Å². The molecule has 0 saturated carbocycles. The highest BCUT2D eigenvalue weighted by atomic mass is 19.1. The Hall–Kier alpha value is -1.66. The maximum absolute atomic E-state index is 14.2. The molecule has 1 aromatic carbocycles. The van der Waals surface area contributed by atoms with Crippen LogP contribution in [0, 0.1) is 5.82 Å². The summed E-state index contributed by atoms with van der Waals surface area (Å²) < 4.78 is 19.1. The fraction of sp³-hybridized carbons (Fsp3) is 0.533. The zero-order chi connectivity index (χ0) is 15.2. The number of nitrogens with zero attached hydrogens (tertiary/aromatic N) is 2. The minimum absolute atomic E-state index is 0.0704. The molecule has 21 heavy (non-hydrogen) atoms. The Morgan fingerprint density at radius 2 is 2.05 bits per heavy atom. The van der Waals surface area contributed by atoms with Crippen molar-refractivity contribution in [3.8, 4) is 0 Å². The van der Waals surface area contributed by atoms with Crippen LogP contribution in [0.3, 0.4) is 0 Å². The first-order chi connectivity index (χ1) is 10.2. The number of aliphatic hydroxyl groups is 1. The van der Waals surface area contributed by atoms with Gasteiger partial charge in [0, 0.05) is 38.9 Å². The molecular formula is C15H21FN2O3. The second-order valence-electron chi connectivity index (χ2n) is 5.02. The molecule has 2 rings (SSSR count). The van der Waals surface area contributed by atoms with E-state index in [0.29, 0.717) is 50.5 Å². The molecule has 1 amide bonds. The molecule has 0 unspecified atom stereocenters. The van der Waals surface area contributed by atoms with Crippen LogP contribution in [0.1, 0.15) is 12.0 Å². The quantitative estimate of drug-likeness (QED) is 0.881. The number of benzene rings is 1. The lowest BCUT2D eigenvalue weighted by atomic mass is 10.1. The van der Waals surface area contributed by atoms with Crippen molar-refractivity contribution in [2.75, 3.05) is 44.8 Å². The fourth-order valence-corrected chi connectivity index (χ4v) is 2.48. The maximum Gasteiger partial charge on any atom is 0.225 e. The van der Waals surface area contributed by atoms with E-state index in [0.717, 1.165) is 0 Å². The number of halogens is 1. The van der Waals surface area contributed by atoms with Crippen molar-refractivity contribution in [2.24, 2.45) is 0 Å². The number of rotatable bonds is 5. The molecule has 0 atom stereocenters. The van der Waals surface area contributed by atoms with Gasteiger partial charge in [0.05, 0.1) is 25.3 Å². The third-order valence-corrected chi connectivity index (χ3v) is 3.72. The van der Waals surface area contributed by atoms with Crippen molar-refractivity contribution >= 4 is 11.6 Å². The van der Waals surface area contributed by atoms with E-state index in [9.17, 15) is 9.18 Å². The van der Waals surface area contributed by atoms with E-state index in [1.165, 1.54) is 0 Å². The van der Waals surface area contributed by atoms with Gasteiger partial charge in [0.15, 0.2) is 5.82 Å². The summed E-state index contributed by atoms with van der Waals surface area (Å²) in [6, 6.07) is 5.01. The predicted octanol–water partition coefficient (Wildman–Crippen LogP) is 1.00. The second kappa shape index (κ2) is 7.38.